The van der Waals surface area contributed by atoms with Gasteiger partial charge in [-0.3, -0.25) is 0 Å². The lowest BCUT2D eigenvalue weighted by molar-refractivity contribution is 0.183. The van der Waals surface area contributed by atoms with Crippen molar-refractivity contribution < 1.29 is 9.90 Å². The molecule has 1 aliphatic heterocycles. The molecule has 0 saturated heterocycles. The number of nitrogens with one attached hydrogen (secondary N) is 2. The molecule has 0 aliphatic carbocycles. The maximum Gasteiger partial charge on any atom is 0.314 e. The van der Waals surface area contributed by atoms with Crippen LogP contribution in [-0.4, -0.2) is 42.9 Å². The topological polar surface area (TPSA) is 64.6 Å². The molecule has 0 radical (unpaired) electrons. The second-order valence-corrected chi connectivity index (χ2v) is 5.70. The van der Waals surface area contributed by atoms with Crippen LogP contribution in [-0.2, 0) is 6.42 Å². The molecular formula is C16H25N3O2. The molecule has 1 aromatic carbocycles. The Kier molecular flexibility index (Phi) is 5.44. The summed E-state index contributed by atoms with van der Waals surface area (Å²) < 4.78 is 0. The summed E-state index contributed by atoms with van der Waals surface area (Å²) in [6.07, 6.45) is 1.26. The summed E-state index contributed by atoms with van der Waals surface area (Å²) in [7, 11) is 0. The number of fused-ring (bicyclic) bond motifs is 1. The van der Waals surface area contributed by atoms with Crippen LogP contribution in [0, 0.1) is 0 Å². The number of rotatable bonds is 6. The normalized spacial score (nSPS) is 18.2. The Balaban J connectivity index is 1.73. The number of nitrogens with zero attached hydrogens (tertiary/aromatic N) is 1. The van der Waals surface area contributed by atoms with E-state index in [0.717, 1.165) is 13.0 Å². The van der Waals surface area contributed by atoms with Gasteiger partial charge in [0.2, 0.25) is 0 Å². The number of benzene rings is 1. The molecule has 2 amide bonds. The first-order chi connectivity index (χ1) is 10.1. The molecule has 0 fully saturated rings. The molecule has 0 bridgehead atoms. The third kappa shape index (κ3) is 4.36. The monoisotopic (exact) mass is 291 g/mol. The van der Waals surface area contributed by atoms with Crippen molar-refractivity contribution in [2.45, 2.75) is 38.8 Å². The minimum Gasteiger partial charge on any atom is -0.393 e. The van der Waals surface area contributed by atoms with E-state index >= 15 is 0 Å². The predicted molar refractivity (Wildman–Crippen MR) is 84.7 cm³/mol. The highest BCUT2D eigenvalue weighted by Crippen LogP contribution is 2.30. The zero-order valence-corrected chi connectivity index (χ0v) is 12.8. The summed E-state index contributed by atoms with van der Waals surface area (Å²) >= 11 is 0. The first-order valence-electron chi connectivity index (χ1n) is 7.62. The lowest BCUT2D eigenvalue weighted by Crippen LogP contribution is -2.42. The van der Waals surface area contributed by atoms with Crippen LogP contribution < -0.4 is 15.5 Å². The van der Waals surface area contributed by atoms with Crippen molar-refractivity contribution in [2.24, 2.45) is 0 Å². The number of carbonyl (C=O) groups excluding carboxylic acids is 1. The van der Waals surface area contributed by atoms with Gasteiger partial charge in [-0.2, -0.15) is 0 Å². The van der Waals surface area contributed by atoms with Gasteiger partial charge in [-0.05, 0) is 38.3 Å². The number of amides is 2. The van der Waals surface area contributed by atoms with E-state index < -0.39 is 0 Å². The number of aliphatic hydroxyl groups excluding tert-OH is 1. The minimum absolute atomic E-state index is 0.171. The summed E-state index contributed by atoms with van der Waals surface area (Å²) in [5, 5.41) is 14.7. The van der Waals surface area contributed by atoms with E-state index in [0.29, 0.717) is 25.6 Å². The van der Waals surface area contributed by atoms with Crippen LogP contribution in [0.2, 0.25) is 0 Å². The zero-order chi connectivity index (χ0) is 15.2. The molecular weight excluding hydrogens is 266 g/mol. The lowest BCUT2D eigenvalue weighted by atomic mass is 10.1. The number of hydrogen-bond donors (Lipinski definition) is 3. The number of para-hydroxylation sites is 1. The Morgan fingerprint density at radius 3 is 2.86 bits per heavy atom. The van der Waals surface area contributed by atoms with Gasteiger partial charge in [0.25, 0.3) is 0 Å². The van der Waals surface area contributed by atoms with Gasteiger partial charge in [0.15, 0.2) is 0 Å². The number of hydrogen-bond acceptors (Lipinski definition) is 3. The van der Waals surface area contributed by atoms with E-state index in [4.69, 9.17) is 5.11 Å². The van der Waals surface area contributed by atoms with Crippen LogP contribution in [0.5, 0.6) is 0 Å². The van der Waals surface area contributed by atoms with Crippen molar-refractivity contribution >= 4 is 11.7 Å². The van der Waals surface area contributed by atoms with Crippen LogP contribution >= 0.6 is 0 Å². The molecule has 1 aliphatic rings. The first-order valence-corrected chi connectivity index (χ1v) is 7.62. The largest absolute Gasteiger partial charge is 0.393 e. The molecule has 21 heavy (non-hydrogen) atoms. The van der Waals surface area contributed by atoms with Crippen molar-refractivity contribution in [3.05, 3.63) is 29.8 Å². The summed E-state index contributed by atoms with van der Waals surface area (Å²) in [4.78, 5) is 13.9. The molecule has 116 valence electrons. The van der Waals surface area contributed by atoms with Crippen LogP contribution in [0.15, 0.2) is 24.3 Å². The third-order valence-electron chi connectivity index (χ3n) is 3.83. The van der Waals surface area contributed by atoms with Gasteiger partial charge in [0.1, 0.15) is 0 Å². The maximum atomic E-state index is 11.6. The SMILES string of the molecule is CC(O)CCNC(=O)NCCN1c2ccccc2CC1C. The summed E-state index contributed by atoms with van der Waals surface area (Å²) in [6.45, 7) is 5.84. The molecule has 0 aromatic heterocycles. The van der Waals surface area contributed by atoms with E-state index in [1.54, 1.807) is 6.92 Å². The zero-order valence-electron chi connectivity index (χ0n) is 12.8. The van der Waals surface area contributed by atoms with E-state index in [1.165, 1.54) is 11.3 Å². The Morgan fingerprint density at radius 1 is 1.38 bits per heavy atom. The van der Waals surface area contributed by atoms with Gasteiger partial charge in [-0.1, -0.05) is 18.2 Å². The molecule has 2 unspecified atom stereocenters. The van der Waals surface area contributed by atoms with Gasteiger partial charge in [-0.15, -0.1) is 0 Å². The molecule has 2 rings (SSSR count). The summed E-state index contributed by atoms with van der Waals surface area (Å²) in [5.41, 5.74) is 2.66. The number of aliphatic hydroxyl groups is 1. The summed E-state index contributed by atoms with van der Waals surface area (Å²) in [6, 6.07) is 8.74. The standard InChI is InChI=1S/C16H25N3O2/c1-12-11-14-5-3-4-6-15(14)19(12)10-9-18-16(21)17-8-7-13(2)20/h3-6,12-13,20H,7-11H2,1-2H3,(H2,17,18,21). The van der Waals surface area contributed by atoms with Gasteiger partial charge in [-0.25, -0.2) is 4.79 Å². The van der Waals surface area contributed by atoms with Crippen LogP contribution in [0.4, 0.5) is 10.5 Å². The van der Waals surface area contributed by atoms with Crippen molar-refractivity contribution in [1.82, 2.24) is 10.6 Å². The second-order valence-electron chi connectivity index (χ2n) is 5.70. The molecule has 0 spiro atoms. The second kappa shape index (κ2) is 7.31. The fraction of sp³-hybridized carbons (Fsp3) is 0.562. The molecule has 1 heterocycles. The van der Waals surface area contributed by atoms with E-state index in [9.17, 15) is 4.79 Å². The van der Waals surface area contributed by atoms with Crippen molar-refractivity contribution in [3.63, 3.8) is 0 Å². The smallest absolute Gasteiger partial charge is 0.314 e. The van der Waals surface area contributed by atoms with Crippen molar-refractivity contribution in [3.8, 4) is 0 Å². The number of anilines is 1. The van der Waals surface area contributed by atoms with Crippen LogP contribution in [0.3, 0.4) is 0 Å². The fourth-order valence-electron chi connectivity index (χ4n) is 2.72. The molecule has 2 atom stereocenters. The minimum atomic E-state index is -0.382. The molecule has 3 N–H and O–H groups in total. The average Bonchev–Trinajstić information content (AvgIpc) is 2.75. The maximum absolute atomic E-state index is 11.6. The highest BCUT2D eigenvalue weighted by molar-refractivity contribution is 5.73. The highest BCUT2D eigenvalue weighted by Gasteiger charge is 2.24. The van der Waals surface area contributed by atoms with E-state index in [2.05, 4.69) is 46.7 Å². The van der Waals surface area contributed by atoms with Gasteiger partial charge in [0, 0.05) is 31.4 Å². The Morgan fingerprint density at radius 2 is 2.10 bits per heavy atom. The van der Waals surface area contributed by atoms with Crippen LogP contribution in [0.25, 0.3) is 0 Å². The van der Waals surface area contributed by atoms with Crippen molar-refractivity contribution in [1.29, 1.82) is 0 Å². The molecule has 0 saturated carbocycles. The van der Waals surface area contributed by atoms with Gasteiger partial charge in [0.05, 0.1) is 6.10 Å². The van der Waals surface area contributed by atoms with Gasteiger partial charge < -0.3 is 20.6 Å². The summed E-state index contributed by atoms with van der Waals surface area (Å²) in [5.74, 6) is 0. The lowest BCUT2D eigenvalue weighted by Gasteiger charge is -2.25. The Labute approximate surface area is 126 Å². The van der Waals surface area contributed by atoms with E-state index in [1.807, 2.05) is 0 Å². The molecule has 5 heteroatoms. The third-order valence-corrected chi connectivity index (χ3v) is 3.83. The number of urea groups is 1. The molecule has 5 nitrogen and oxygen atoms in total. The van der Waals surface area contributed by atoms with Crippen LogP contribution in [0.1, 0.15) is 25.8 Å². The first kappa shape index (κ1) is 15.6. The molecule has 1 aromatic rings. The Hall–Kier alpha value is -1.75. The Bertz CT molecular complexity index is 476. The highest BCUT2D eigenvalue weighted by atomic mass is 16.3. The van der Waals surface area contributed by atoms with Gasteiger partial charge >= 0.3 is 6.03 Å². The van der Waals surface area contributed by atoms with Crippen molar-refractivity contribution in [2.75, 3.05) is 24.5 Å². The average molecular weight is 291 g/mol. The number of carbonyl (C=O) groups is 1. The fourth-order valence-corrected chi connectivity index (χ4v) is 2.72. The van der Waals surface area contributed by atoms with E-state index in [-0.39, 0.29) is 12.1 Å². The quantitative estimate of drug-likeness (QED) is 0.744. The predicted octanol–water partition coefficient (Wildman–Crippen LogP) is 1.51.